The smallest absolute Gasteiger partial charge is 0.323 e. The van der Waals surface area contributed by atoms with Crippen molar-refractivity contribution >= 4 is 5.97 Å². The normalized spacial score (nSPS) is 16.9. The van der Waals surface area contributed by atoms with E-state index in [1.54, 1.807) is 13.1 Å². The standard InChI is InChI=1S/C15H22N2O3/c1-2-19-15(18)13(16)10-11-6-5-9-17-14(11)20-12-7-3-4-8-12/h5-6,9,12-13H,2-4,7-8,10,16H2,1H3. The Bertz CT molecular complexity index is 444. The number of carbonyl (C=O) groups excluding carboxylic acids is 1. The lowest BCUT2D eigenvalue weighted by molar-refractivity contribution is -0.144. The molecule has 1 aromatic rings. The van der Waals surface area contributed by atoms with Crippen LogP contribution in [0.15, 0.2) is 18.3 Å². The molecule has 1 aromatic heterocycles. The van der Waals surface area contributed by atoms with Gasteiger partial charge in [-0.2, -0.15) is 0 Å². The highest BCUT2D eigenvalue weighted by molar-refractivity contribution is 5.76. The third-order valence-electron chi connectivity index (χ3n) is 3.46. The molecule has 0 aliphatic heterocycles. The summed E-state index contributed by atoms with van der Waals surface area (Å²) < 4.78 is 10.9. The van der Waals surface area contributed by atoms with Crippen molar-refractivity contribution in [3.05, 3.63) is 23.9 Å². The van der Waals surface area contributed by atoms with E-state index in [1.807, 2.05) is 12.1 Å². The summed E-state index contributed by atoms with van der Waals surface area (Å²) in [5.41, 5.74) is 6.72. The minimum Gasteiger partial charge on any atom is -0.474 e. The average molecular weight is 278 g/mol. The number of nitrogens with two attached hydrogens (primary N) is 1. The molecule has 2 rings (SSSR count). The Hall–Kier alpha value is -1.62. The summed E-state index contributed by atoms with van der Waals surface area (Å²) in [5, 5.41) is 0. The van der Waals surface area contributed by atoms with Gasteiger partial charge in [-0.15, -0.1) is 0 Å². The zero-order chi connectivity index (χ0) is 14.4. The molecular weight excluding hydrogens is 256 g/mol. The van der Waals surface area contributed by atoms with Crippen LogP contribution in [0.2, 0.25) is 0 Å². The van der Waals surface area contributed by atoms with E-state index >= 15 is 0 Å². The number of hydrogen-bond donors (Lipinski definition) is 1. The minimum atomic E-state index is -0.676. The molecular formula is C15H22N2O3. The lowest BCUT2D eigenvalue weighted by Gasteiger charge is -2.16. The molecule has 1 unspecified atom stereocenters. The van der Waals surface area contributed by atoms with Crippen LogP contribution in [0.1, 0.15) is 38.2 Å². The van der Waals surface area contributed by atoms with Crippen LogP contribution >= 0.6 is 0 Å². The van der Waals surface area contributed by atoms with E-state index in [0.717, 1.165) is 18.4 Å². The number of nitrogens with zero attached hydrogens (tertiary/aromatic N) is 1. The predicted molar refractivity (Wildman–Crippen MR) is 75.4 cm³/mol. The van der Waals surface area contributed by atoms with Crippen molar-refractivity contribution in [2.45, 2.75) is 51.2 Å². The zero-order valence-electron chi connectivity index (χ0n) is 11.9. The highest BCUT2D eigenvalue weighted by Gasteiger charge is 2.21. The maximum absolute atomic E-state index is 11.6. The van der Waals surface area contributed by atoms with Gasteiger partial charge in [0.2, 0.25) is 5.88 Å². The summed E-state index contributed by atoms with van der Waals surface area (Å²) in [6.07, 6.45) is 6.87. The molecule has 0 saturated heterocycles. The number of hydrogen-bond acceptors (Lipinski definition) is 5. The molecule has 0 aromatic carbocycles. The Kier molecular flexibility index (Phi) is 5.35. The fourth-order valence-electron chi connectivity index (χ4n) is 2.42. The first-order valence-electron chi connectivity index (χ1n) is 7.23. The van der Waals surface area contributed by atoms with Gasteiger partial charge in [0, 0.05) is 18.2 Å². The molecule has 5 heteroatoms. The third-order valence-corrected chi connectivity index (χ3v) is 3.46. The third kappa shape index (κ3) is 3.93. The maximum atomic E-state index is 11.6. The van der Waals surface area contributed by atoms with Gasteiger partial charge in [0.15, 0.2) is 0 Å². The van der Waals surface area contributed by atoms with Crippen LogP contribution in [0.4, 0.5) is 0 Å². The molecule has 5 nitrogen and oxygen atoms in total. The van der Waals surface area contributed by atoms with Crippen molar-refractivity contribution in [3.63, 3.8) is 0 Å². The van der Waals surface area contributed by atoms with Crippen LogP contribution in [0.25, 0.3) is 0 Å². The molecule has 20 heavy (non-hydrogen) atoms. The molecule has 0 radical (unpaired) electrons. The monoisotopic (exact) mass is 278 g/mol. The first kappa shape index (κ1) is 14.8. The molecule has 0 bridgehead atoms. The molecule has 1 atom stereocenters. The second-order valence-electron chi connectivity index (χ2n) is 5.05. The van der Waals surface area contributed by atoms with E-state index in [9.17, 15) is 4.79 Å². The molecule has 0 spiro atoms. The Balaban J connectivity index is 2.01. The van der Waals surface area contributed by atoms with E-state index in [1.165, 1.54) is 12.8 Å². The summed E-state index contributed by atoms with van der Waals surface area (Å²) in [5.74, 6) is 0.210. The molecule has 110 valence electrons. The van der Waals surface area contributed by atoms with Gasteiger partial charge in [0.25, 0.3) is 0 Å². The number of pyridine rings is 1. The van der Waals surface area contributed by atoms with Crippen molar-refractivity contribution in [3.8, 4) is 5.88 Å². The average Bonchev–Trinajstić information content (AvgIpc) is 2.94. The Morgan fingerprint density at radius 3 is 2.95 bits per heavy atom. The highest BCUT2D eigenvalue weighted by Crippen LogP contribution is 2.25. The number of ether oxygens (including phenoxy) is 2. The van der Waals surface area contributed by atoms with Crippen molar-refractivity contribution in [2.24, 2.45) is 5.73 Å². The summed E-state index contributed by atoms with van der Waals surface area (Å²) >= 11 is 0. The van der Waals surface area contributed by atoms with Crippen LogP contribution in [0, 0.1) is 0 Å². The molecule has 1 saturated carbocycles. The van der Waals surface area contributed by atoms with Crippen molar-refractivity contribution in [1.29, 1.82) is 0 Å². The SMILES string of the molecule is CCOC(=O)C(N)Cc1cccnc1OC1CCCC1. The fraction of sp³-hybridized carbons (Fsp3) is 0.600. The zero-order valence-corrected chi connectivity index (χ0v) is 11.9. The summed E-state index contributed by atoms with van der Waals surface area (Å²) in [7, 11) is 0. The van der Waals surface area contributed by atoms with Gasteiger partial charge in [-0.05, 0) is 38.7 Å². The number of carbonyl (C=O) groups is 1. The van der Waals surface area contributed by atoms with Crippen LogP contribution in [-0.2, 0) is 16.0 Å². The molecule has 1 aliphatic rings. The van der Waals surface area contributed by atoms with Gasteiger partial charge in [-0.25, -0.2) is 4.98 Å². The molecule has 1 fully saturated rings. The van der Waals surface area contributed by atoms with Gasteiger partial charge >= 0.3 is 5.97 Å². The fourth-order valence-corrected chi connectivity index (χ4v) is 2.42. The van der Waals surface area contributed by atoms with Gasteiger partial charge in [-0.3, -0.25) is 4.79 Å². The van der Waals surface area contributed by atoms with Crippen molar-refractivity contribution in [1.82, 2.24) is 4.98 Å². The molecule has 1 heterocycles. The molecule has 0 amide bonds. The van der Waals surface area contributed by atoms with Gasteiger partial charge in [0.1, 0.15) is 12.1 Å². The van der Waals surface area contributed by atoms with Gasteiger partial charge in [-0.1, -0.05) is 6.07 Å². The quantitative estimate of drug-likeness (QED) is 0.804. The number of rotatable bonds is 6. The molecule has 1 aliphatic carbocycles. The van der Waals surface area contributed by atoms with Crippen LogP contribution in [0.5, 0.6) is 5.88 Å². The van der Waals surface area contributed by atoms with E-state index < -0.39 is 6.04 Å². The second kappa shape index (κ2) is 7.24. The largest absolute Gasteiger partial charge is 0.474 e. The maximum Gasteiger partial charge on any atom is 0.323 e. The predicted octanol–water partition coefficient (Wildman–Crippen LogP) is 1.84. The Morgan fingerprint density at radius 1 is 1.50 bits per heavy atom. The van der Waals surface area contributed by atoms with Gasteiger partial charge < -0.3 is 15.2 Å². The van der Waals surface area contributed by atoms with Crippen molar-refractivity contribution < 1.29 is 14.3 Å². The van der Waals surface area contributed by atoms with Crippen molar-refractivity contribution in [2.75, 3.05) is 6.61 Å². The van der Waals surface area contributed by atoms with E-state index in [0.29, 0.717) is 18.9 Å². The lowest BCUT2D eigenvalue weighted by atomic mass is 10.1. The molecule has 2 N–H and O–H groups in total. The van der Waals surface area contributed by atoms with Crippen LogP contribution in [-0.4, -0.2) is 29.7 Å². The highest BCUT2D eigenvalue weighted by atomic mass is 16.5. The second-order valence-corrected chi connectivity index (χ2v) is 5.05. The summed E-state index contributed by atoms with van der Waals surface area (Å²) in [4.78, 5) is 15.9. The first-order chi connectivity index (χ1) is 9.70. The summed E-state index contributed by atoms with van der Waals surface area (Å²) in [6.45, 7) is 2.11. The van der Waals surface area contributed by atoms with Crippen LogP contribution in [0.3, 0.4) is 0 Å². The number of esters is 1. The summed E-state index contributed by atoms with van der Waals surface area (Å²) in [6, 6.07) is 3.05. The Morgan fingerprint density at radius 2 is 2.25 bits per heavy atom. The number of aromatic nitrogens is 1. The Labute approximate surface area is 119 Å². The first-order valence-corrected chi connectivity index (χ1v) is 7.23. The lowest BCUT2D eigenvalue weighted by Crippen LogP contribution is -2.34. The van der Waals surface area contributed by atoms with E-state index in [4.69, 9.17) is 15.2 Å². The topological polar surface area (TPSA) is 74.4 Å². The minimum absolute atomic E-state index is 0.238. The van der Waals surface area contributed by atoms with E-state index in [2.05, 4.69) is 4.98 Å². The van der Waals surface area contributed by atoms with Gasteiger partial charge in [0.05, 0.1) is 6.61 Å². The van der Waals surface area contributed by atoms with Crippen LogP contribution < -0.4 is 10.5 Å². The van der Waals surface area contributed by atoms with E-state index in [-0.39, 0.29) is 12.1 Å².